The number of aryl methyl sites for hydroxylation is 3. The van der Waals surface area contributed by atoms with E-state index in [4.69, 9.17) is 11.6 Å². The van der Waals surface area contributed by atoms with Crippen molar-refractivity contribution in [3.8, 4) is 11.1 Å². The lowest BCUT2D eigenvalue weighted by atomic mass is 9.94. The molecule has 2 aromatic rings. The monoisotopic (exact) mass is 247 g/mol. The number of halogens is 1. The summed E-state index contributed by atoms with van der Waals surface area (Å²) in [6.45, 7) is 6.16. The predicted octanol–water partition coefficient (Wildman–Crippen LogP) is 3.62. The molecule has 1 aromatic heterocycles. The molecule has 0 spiro atoms. The van der Waals surface area contributed by atoms with Gasteiger partial charge in [0.2, 0.25) is 5.56 Å². The molecule has 1 aromatic carbocycles. The number of H-pyrrole nitrogens is 1. The van der Waals surface area contributed by atoms with Crippen molar-refractivity contribution in [2.45, 2.75) is 20.8 Å². The van der Waals surface area contributed by atoms with Crippen molar-refractivity contribution in [2.24, 2.45) is 0 Å². The molecule has 0 amide bonds. The topological polar surface area (TPSA) is 32.9 Å². The SMILES string of the molecule is Cc1cc(C)c(-c2cc(Cl)[nH]c(=O)c2)c(C)c1. The summed E-state index contributed by atoms with van der Waals surface area (Å²) in [4.78, 5) is 14.0. The Hall–Kier alpha value is -1.54. The molecular formula is C14H14ClNO. The maximum absolute atomic E-state index is 11.4. The van der Waals surface area contributed by atoms with Crippen LogP contribution in [0.25, 0.3) is 11.1 Å². The Morgan fingerprint density at radius 1 is 1.00 bits per heavy atom. The van der Waals surface area contributed by atoms with Gasteiger partial charge in [0.05, 0.1) is 0 Å². The number of hydrogen-bond donors (Lipinski definition) is 1. The normalized spacial score (nSPS) is 10.6. The van der Waals surface area contributed by atoms with Crippen LogP contribution in [0.1, 0.15) is 16.7 Å². The van der Waals surface area contributed by atoms with Crippen molar-refractivity contribution in [2.75, 3.05) is 0 Å². The molecule has 0 atom stereocenters. The second-order valence-electron chi connectivity index (χ2n) is 4.35. The minimum absolute atomic E-state index is 0.174. The maximum atomic E-state index is 11.4. The zero-order chi connectivity index (χ0) is 12.6. The predicted molar refractivity (Wildman–Crippen MR) is 71.7 cm³/mol. The van der Waals surface area contributed by atoms with Crippen molar-refractivity contribution in [1.82, 2.24) is 4.98 Å². The molecule has 0 aliphatic rings. The first-order chi connectivity index (χ1) is 7.97. The molecule has 1 heterocycles. The van der Waals surface area contributed by atoms with Crippen molar-refractivity contribution in [1.29, 1.82) is 0 Å². The van der Waals surface area contributed by atoms with E-state index in [1.807, 2.05) is 13.8 Å². The summed E-state index contributed by atoms with van der Waals surface area (Å²) in [5.74, 6) is 0. The third kappa shape index (κ3) is 2.42. The lowest BCUT2D eigenvalue weighted by Crippen LogP contribution is -2.04. The highest BCUT2D eigenvalue weighted by atomic mass is 35.5. The first kappa shape index (κ1) is 11.9. The van der Waals surface area contributed by atoms with E-state index >= 15 is 0 Å². The highest BCUT2D eigenvalue weighted by molar-refractivity contribution is 6.29. The third-order valence-electron chi connectivity index (χ3n) is 2.78. The second-order valence-corrected chi connectivity index (χ2v) is 4.76. The summed E-state index contributed by atoms with van der Waals surface area (Å²) >= 11 is 5.88. The van der Waals surface area contributed by atoms with Crippen molar-refractivity contribution in [3.05, 3.63) is 56.5 Å². The van der Waals surface area contributed by atoms with Gasteiger partial charge >= 0.3 is 0 Å². The fraction of sp³-hybridized carbons (Fsp3) is 0.214. The van der Waals surface area contributed by atoms with Crippen molar-refractivity contribution >= 4 is 11.6 Å². The van der Waals surface area contributed by atoms with Gasteiger partial charge in [-0.25, -0.2) is 0 Å². The number of pyridine rings is 1. The Morgan fingerprint density at radius 2 is 1.59 bits per heavy atom. The van der Waals surface area contributed by atoms with Gasteiger partial charge in [0, 0.05) is 6.07 Å². The lowest BCUT2D eigenvalue weighted by Gasteiger charge is -2.11. The molecule has 0 saturated carbocycles. The number of rotatable bonds is 1. The van der Waals surface area contributed by atoms with Gasteiger partial charge in [-0.2, -0.15) is 0 Å². The first-order valence-electron chi connectivity index (χ1n) is 5.45. The first-order valence-corrected chi connectivity index (χ1v) is 5.83. The lowest BCUT2D eigenvalue weighted by molar-refractivity contribution is 1.23. The second kappa shape index (κ2) is 4.38. The average Bonchev–Trinajstić information content (AvgIpc) is 2.13. The van der Waals surface area contributed by atoms with Gasteiger partial charge in [-0.3, -0.25) is 4.79 Å². The van der Waals surface area contributed by atoms with Crippen LogP contribution in [0.5, 0.6) is 0 Å². The molecule has 0 saturated heterocycles. The number of aromatic nitrogens is 1. The van der Waals surface area contributed by atoms with Gasteiger partial charge in [0.1, 0.15) is 5.15 Å². The quantitative estimate of drug-likeness (QED) is 0.767. The molecule has 0 bridgehead atoms. The van der Waals surface area contributed by atoms with Crippen LogP contribution >= 0.6 is 11.6 Å². The van der Waals surface area contributed by atoms with Gasteiger partial charge in [0.25, 0.3) is 0 Å². The largest absolute Gasteiger partial charge is 0.313 e. The maximum Gasteiger partial charge on any atom is 0.249 e. The van der Waals surface area contributed by atoms with E-state index in [1.54, 1.807) is 12.1 Å². The molecule has 0 aliphatic heterocycles. The Morgan fingerprint density at radius 3 is 2.12 bits per heavy atom. The zero-order valence-corrected chi connectivity index (χ0v) is 10.9. The van der Waals surface area contributed by atoms with E-state index in [-0.39, 0.29) is 5.56 Å². The molecule has 88 valence electrons. The summed E-state index contributed by atoms with van der Waals surface area (Å²) in [5, 5.41) is 0.367. The Labute approximate surface area is 105 Å². The third-order valence-corrected chi connectivity index (χ3v) is 2.98. The van der Waals surface area contributed by atoms with Gasteiger partial charge in [-0.1, -0.05) is 29.3 Å². The zero-order valence-electron chi connectivity index (χ0n) is 10.1. The van der Waals surface area contributed by atoms with Gasteiger partial charge in [-0.05, 0) is 49.1 Å². The molecule has 0 aliphatic carbocycles. The van der Waals surface area contributed by atoms with E-state index < -0.39 is 0 Å². The fourth-order valence-electron chi connectivity index (χ4n) is 2.29. The number of aromatic amines is 1. The summed E-state index contributed by atoms with van der Waals surface area (Å²) in [6.07, 6.45) is 0. The van der Waals surface area contributed by atoms with Crippen molar-refractivity contribution in [3.63, 3.8) is 0 Å². The van der Waals surface area contributed by atoms with Gasteiger partial charge < -0.3 is 4.98 Å². The molecule has 3 heteroatoms. The summed E-state index contributed by atoms with van der Waals surface area (Å²) in [5.41, 5.74) is 5.32. The van der Waals surface area contributed by atoms with E-state index in [1.165, 1.54) is 5.56 Å². The summed E-state index contributed by atoms with van der Waals surface area (Å²) in [7, 11) is 0. The van der Waals surface area contributed by atoms with E-state index in [9.17, 15) is 4.79 Å². The Balaban J connectivity index is 2.72. The van der Waals surface area contributed by atoms with E-state index in [0.29, 0.717) is 5.15 Å². The standard InChI is InChI=1S/C14H14ClNO/c1-8-4-9(2)14(10(3)5-8)11-6-12(15)16-13(17)7-11/h4-7H,1-3H3,(H,16,17). The number of hydrogen-bond acceptors (Lipinski definition) is 1. The highest BCUT2D eigenvalue weighted by Crippen LogP contribution is 2.28. The van der Waals surface area contributed by atoms with Crippen molar-refractivity contribution < 1.29 is 0 Å². The average molecular weight is 248 g/mol. The smallest absolute Gasteiger partial charge is 0.249 e. The van der Waals surface area contributed by atoms with E-state index in [2.05, 4.69) is 24.0 Å². The Kier molecular flexibility index (Phi) is 3.07. The molecule has 2 rings (SSSR count). The summed E-state index contributed by atoms with van der Waals surface area (Å²) < 4.78 is 0. The van der Waals surface area contributed by atoms with Crippen LogP contribution in [-0.2, 0) is 0 Å². The minimum Gasteiger partial charge on any atom is -0.313 e. The van der Waals surface area contributed by atoms with Crippen LogP contribution in [-0.4, -0.2) is 4.98 Å². The molecule has 0 unspecified atom stereocenters. The van der Waals surface area contributed by atoms with E-state index in [0.717, 1.165) is 22.3 Å². The van der Waals surface area contributed by atoms with Crippen LogP contribution in [0.3, 0.4) is 0 Å². The Bertz CT molecular complexity index is 605. The molecule has 0 radical (unpaired) electrons. The van der Waals surface area contributed by atoms with Crippen LogP contribution in [0, 0.1) is 20.8 Å². The van der Waals surface area contributed by atoms with Crippen LogP contribution in [0.2, 0.25) is 5.15 Å². The molecule has 17 heavy (non-hydrogen) atoms. The molecule has 1 N–H and O–H groups in total. The molecular weight excluding hydrogens is 234 g/mol. The minimum atomic E-state index is -0.174. The highest BCUT2D eigenvalue weighted by Gasteiger charge is 2.08. The van der Waals surface area contributed by atoms with Gasteiger partial charge in [0.15, 0.2) is 0 Å². The van der Waals surface area contributed by atoms with Crippen LogP contribution in [0.15, 0.2) is 29.1 Å². The molecule has 2 nitrogen and oxygen atoms in total. The fourth-order valence-corrected chi connectivity index (χ4v) is 2.50. The van der Waals surface area contributed by atoms with Gasteiger partial charge in [-0.15, -0.1) is 0 Å². The van der Waals surface area contributed by atoms with Crippen LogP contribution < -0.4 is 5.56 Å². The number of nitrogens with one attached hydrogen (secondary N) is 1. The summed E-state index contributed by atoms with van der Waals surface area (Å²) in [6, 6.07) is 7.58. The molecule has 0 fully saturated rings. The van der Waals surface area contributed by atoms with Crippen LogP contribution in [0.4, 0.5) is 0 Å². The number of benzene rings is 1.